The van der Waals surface area contributed by atoms with E-state index in [1.54, 1.807) is 42.7 Å². The lowest BCUT2D eigenvalue weighted by Gasteiger charge is -2.05. The maximum Gasteiger partial charge on any atom is 0.209 e. The number of anilines is 1. The van der Waals surface area contributed by atoms with Gasteiger partial charge in [0, 0.05) is 33.6 Å². The third-order valence-electron chi connectivity index (χ3n) is 3.40. The summed E-state index contributed by atoms with van der Waals surface area (Å²) in [4.78, 5) is 19.7. The van der Waals surface area contributed by atoms with Crippen molar-refractivity contribution in [2.75, 3.05) is 5.73 Å². The number of halogens is 1. The Hall–Kier alpha value is -2.91. The first-order chi connectivity index (χ1) is 11.1. The summed E-state index contributed by atoms with van der Waals surface area (Å²) in [5.41, 5.74) is 8.03. The van der Waals surface area contributed by atoms with Crippen molar-refractivity contribution in [2.45, 2.75) is 0 Å². The molecule has 23 heavy (non-hydrogen) atoms. The molecule has 1 aromatic carbocycles. The van der Waals surface area contributed by atoms with Crippen molar-refractivity contribution in [3.63, 3.8) is 0 Å². The fourth-order valence-corrected chi connectivity index (χ4v) is 2.74. The quantitative estimate of drug-likeness (QED) is 0.693. The molecule has 0 aliphatic carbocycles. The number of carbonyl (C=O) groups is 1. The molecule has 5 nitrogen and oxygen atoms in total. The highest BCUT2D eigenvalue weighted by Gasteiger charge is 2.23. The predicted octanol–water partition coefficient (Wildman–Crippen LogP) is 3.52. The van der Waals surface area contributed by atoms with Crippen LogP contribution in [0.1, 0.15) is 21.6 Å². The second-order valence-electron chi connectivity index (χ2n) is 4.86. The van der Waals surface area contributed by atoms with Crippen molar-refractivity contribution < 1.29 is 4.79 Å². The molecule has 0 aliphatic heterocycles. The van der Waals surface area contributed by atoms with Crippen LogP contribution in [0.25, 0.3) is 11.1 Å². The Morgan fingerprint density at radius 3 is 2.65 bits per heavy atom. The molecule has 6 heteroatoms. The molecule has 0 atom stereocenters. The van der Waals surface area contributed by atoms with Crippen LogP contribution in [-0.4, -0.2) is 15.8 Å². The average Bonchev–Trinajstić information content (AvgIpc) is 2.91. The number of nitrogen functional groups attached to an aromatic ring is 1. The molecule has 2 aromatic heterocycles. The van der Waals surface area contributed by atoms with E-state index in [2.05, 4.69) is 32.0 Å². The number of rotatable bonds is 3. The zero-order valence-electron chi connectivity index (χ0n) is 11.9. The molecule has 3 aromatic rings. The maximum atomic E-state index is 12.8. The van der Waals surface area contributed by atoms with Gasteiger partial charge in [-0.1, -0.05) is 30.3 Å². The summed E-state index contributed by atoms with van der Waals surface area (Å²) < 4.78 is 0.747. The molecule has 0 saturated carbocycles. The third kappa shape index (κ3) is 2.74. The first kappa shape index (κ1) is 15.0. The van der Waals surface area contributed by atoms with Crippen LogP contribution < -0.4 is 5.73 Å². The van der Waals surface area contributed by atoms with E-state index in [4.69, 9.17) is 5.73 Å². The summed E-state index contributed by atoms with van der Waals surface area (Å²) in [7, 11) is 0. The van der Waals surface area contributed by atoms with Crippen LogP contribution >= 0.6 is 15.9 Å². The van der Waals surface area contributed by atoms with Gasteiger partial charge in [-0.25, -0.2) is 0 Å². The fourth-order valence-electron chi connectivity index (χ4n) is 2.38. The SMILES string of the molecule is N#Cc1c(N)[nH]c(C(=O)c2ccccc2)c1-c1cncc(Br)c1. The summed E-state index contributed by atoms with van der Waals surface area (Å²) in [5.74, 6) is -0.0597. The molecule has 3 rings (SSSR count). The van der Waals surface area contributed by atoms with Gasteiger partial charge >= 0.3 is 0 Å². The number of carbonyl (C=O) groups excluding carboxylic acids is 1. The van der Waals surface area contributed by atoms with E-state index in [1.165, 1.54) is 0 Å². The summed E-state index contributed by atoms with van der Waals surface area (Å²) in [6.45, 7) is 0. The molecule has 3 N–H and O–H groups in total. The Labute approximate surface area is 140 Å². The monoisotopic (exact) mass is 366 g/mol. The van der Waals surface area contributed by atoms with E-state index < -0.39 is 0 Å². The lowest BCUT2D eigenvalue weighted by molar-refractivity contribution is 0.103. The number of pyridine rings is 1. The molecule has 0 unspecified atom stereocenters. The van der Waals surface area contributed by atoms with Crippen LogP contribution in [0.3, 0.4) is 0 Å². The average molecular weight is 367 g/mol. The largest absolute Gasteiger partial charge is 0.384 e. The molecule has 0 radical (unpaired) electrons. The van der Waals surface area contributed by atoms with Crippen molar-refractivity contribution >= 4 is 27.5 Å². The zero-order chi connectivity index (χ0) is 16.4. The van der Waals surface area contributed by atoms with Crippen molar-refractivity contribution in [2.24, 2.45) is 0 Å². The van der Waals surface area contributed by atoms with Crippen molar-refractivity contribution in [3.8, 4) is 17.2 Å². The predicted molar refractivity (Wildman–Crippen MR) is 90.7 cm³/mol. The number of aromatic amines is 1. The highest BCUT2D eigenvalue weighted by molar-refractivity contribution is 9.10. The molecular weight excluding hydrogens is 356 g/mol. The fraction of sp³-hybridized carbons (Fsp3) is 0. The molecule has 112 valence electrons. The summed E-state index contributed by atoms with van der Waals surface area (Å²) in [6, 6.07) is 12.7. The summed E-state index contributed by atoms with van der Waals surface area (Å²) >= 11 is 3.35. The normalized spacial score (nSPS) is 10.3. The molecular formula is C17H11BrN4O. The van der Waals surface area contributed by atoms with Crippen LogP contribution in [0.5, 0.6) is 0 Å². The number of benzene rings is 1. The van der Waals surface area contributed by atoms with Gasteiger partial charge in [-0.2, -0.15) is 5.26 Å². The van der Waals surface area contributed by atoms with Crippen LogP contribution in [0, 0.1) is 11.3 Å². The summed E-state index contributed by atoms with van der Waals surface area (Å²) in [5, 5.41) is 9.40. The Kier molecular flexibility index (Phi) is 3.96. The number of hydrogen-bond acceptors (Lipinski definition) is 4. The number of H-pyrrole nitrogens is 1. The minimum absolute atomic E-state index is 0.168. The van der Waals surface area contributed by atoms with Gasteiger partial charge in [0.05, 0.1) is 5.69 Å². The van der Waals surface area contributed by atoms with E-state index in [0.717, 1.165) is 4.47 Å². The third-order valence-corrected chi connectivity index (χ3v) is 3.83. The van der Waals surface area contributed by atoms with Gasteiger partial charge in [0.25, 0.3) is 0 Å². The smallest absolute Gasteiger partial charge is 0.209 e. The number of nitrogens with one attached hydrogen (secondary N) is 1. The molecule has 0 saturated heterocycles. The van der Waals surface area contributed by atoms with Crippen LogP contribution in [0.15, 0.2) is 53.3 Å². The Bertz CT molecular complexity index is 926. The lowest BCUT2D eigenvalue weighted by Crippen LogP contribution is -2.04. The first-order valence-electron chi connectivity index (χ1n) is 6.74. The summed E-state index contributed by atoms with van der Waals surface area (Å²) in [6.07, 6.45) is 3.22. The zero-order valence-corrected chi connectivity index (χ0v) is 13.5. The second-order valence-corrected chi connectivity index (χ2v) is 5.78. The lowest BCUT2D eigenvalue weighted by atomic mass is 9.98. The van der Waals surface area contributed by atoms with E-state index in [1.807, 2.05) is 6.07 Å². The topological polar surface area (TPSA) is 95.6 Å². The molecule has 0 amide bonds. The molecule has 0 fully saturated rings. The van der Waals surface area contributed by atoms with Gasteiger partial charge in [-0.05, 0) is 22.0 Å². The molecule has 0 aliphatic rings. The van der Waals surface area contributed by atoms with Gasteiger partial charge in [0.2, 0.25) is 5.78 Å². The Morgan fingerprint density at radius 2 is 2.00 bits per heavy atom. The van der Waals surface area contributed by atoms with Gasteiger partial charge < -0.3 is 10.7 Å². The van der Waals surface area contributed by atoms with E-state index >= 15 is 0 Å². The number of nitrogens with zero attached hydrogens (tertiary/aromatic N) is 2. The minimum Gasteiger partial charge on any atom is -0.384 e. The van der Waals surface area contributed by atoms with Crippen molar-refractivity contribution in [3.05, 3.63) is 70.1 Å². The van der Waals surface area contributed by atoms with Gasteiger partial charge in [0.1, 0.15) is 17.5 Å². The molecule has 2 heterocycles. The van der Waals surface area contributed by atoms with Gasteiger partial charge in [-0.15, -0.1) is 0 Å². The van der Waals surface area contributed by atoms with Crippen molar-refractivity contribution in [1.29, 1.82) is 5.26 Å². The number of aromatic nitrogens is 2. The van der Waals surface area contributed by atoms with Crippen LogP contribution in [0.4, 0.5) is 5.82 Å². The number of nitriles is 1. The number of nitrogens with two attached hydrogens (primary N) is 1. The Morgan fingerprint density at radius 1 is 1.26 bits per heavy atom. The first-order valence-corrected chi connectivity index (χ1v) is 7.53. The van der Waals surface area contributed by atoms with Gasteiger partial charge in [0.15, 0.2) is 0 Å². The minimum atomic E-state index is -0.228. The molecule has 0 spiro atoms. The molecule has 0 bridgehead atoms. The maximum absolute atomic E-state index is 12.8. The standard InChI is InChI=1S/C17H11BrN4O/c18-12-6-11(8-21-9-12)14-13(7-19)17(20)22-15(14)16(23)10-4-2-1-3-5-10/h1-6,8-9,22H,20H2. The number of ketones is 1. The highest BCUT2D eigenvalue weighted by Crippen LogP contribution is 2.33. The van der Waals surface area contributed by atoms with Crippen molar-refractivity contribution in [1.82, 2.24) is 9.97 Å². The number of hydrogen-bond donors (Lipinski definition) is 2. The Balaban J connectivity index is 2.23. The van der Waals surface area contributed by atoms with Crippen LogP contribution in [-0.2, 0) is 0 Å². The highest BCUT2D eigenvalue weighted by atomic mass is 79.9. The van der Waals surface area contributed by atoms with Crippen LogP contribution in [0.2, 0.25) is 0 Å². The van der Waals surface area contributed by atoms with E-state index in [-0.39, 0.29) is 22.9 Å². The second kappa shape index (κ2) is 6.07. The van der Waals surface area contributed by atoms with E-state index in [0.29, 0.717) is 16.7 Å². The van der Waals surface area contributed by atoms with Gasteiger partial charge in [-0.3, -0.25) is 9.78 Å². The van der Waals surface area contributed by atoms with E-state index in [9.17, 15) is 10.1 Å².